The highest BCUT2D eigenvalue weighted by molar-refractivity contribution is 7.92. The third-order valence-corrected chi connectivity index (χ3v) is 7.24. The van der Waals surface area contributed by atoms with Crippen molar-refractivity contribution < 1.29 is 29.8 Å². The van der Waals surface area contributed by atoms with E-state index in [0.29, 0.717) is 18.9 Å². The van der Waals surface area contributed by atoms with Crippen LogP contribution in [0.5, 0.6) is 0 Å². The highest BCUT2D eigenvalue weighted by Gasteiger charge is 2.29. The predicted octanol–water partition coefficient (Wildman–Crippen LogP) is 0.192. The quantitative estimate of drug-likeness (QED) is 0.597. The number of rotatable bonds is 5. The van der Waals surface area contributed by atoms with Crippen LogP contribution >= 0.6 is 0 Å². The Morgan fingerprint density at radius 2 is 1.54 bits per heavy atom. The summed E-state index contributed by atoms with van der Waals surface area (Å²) in [5.74, 6) is 0. The van der Waals surface area contributed by atoms with E-state index in [1.165, 1.54) is 0 Å². The average molecular weight is 398 g/mol. The molecule has 0 amide bonds. The van der Waals surface area contributed by atoms with Crippen LogP contribution in [-0.4, -0.2) is 35.8 Å². The van der Waals surface area contributed by atoms with Crippen LogP contribution in [0.3, 0.4) is 0 Å². The minimum atomic E-state index is -4.71. The minimum absolute atomic E-state index is 0.369. The van der Waals surface area contributed by atoms with Gasteiger partial charge in [0.15, 0.2) is 0 Å². The van der Waals surface area contributed by atoms with E-state index in [1.807, 2.05) is 0 Å². The second-order valence-corrected chi connectivity index (χ2v) is 10.2. The van der Waals surface area contributed by atoms with Crippen LogP contribution < -0.4 is 9.86 Å². The lowest BCUT2D eigenvalue weighted by Gasteiger charge is -2.23. The van der Waals surface area contributed by atoms with Crippen molar-refractivity contribution in [3.63, 3.8) is 0 Å². The molecule has 0 spiro atoms. The zero-order valence-electron chi connectivity index (χ0n) is 12.5. The summed E-state index contributed by atoms with van der Waals surface area (Å²) in [7, 11) is -13.5. The van der Waals surface area contributed by atoms with Crippen molar-refractivity contribution in [3.8, 4) is 0 Å². The molecule has 0 bridgehead atoms. The maximum atomic E-state index is 12.5. The van der Waals surface area contributed by atoms with Crippen molar-refractivity contribution in [3.05, 3.63) is 18.2 Å². The first-order valence-corrected chi connectivity index (χ1v) is 11.5. The van der Waals surface area contributed by atoms with Gasteiger partial charge in [0.05, 0.1) is 4.90 Å². The summed E-state index contributed by atoms with van der Waals surface area (Å²) in [6.45, 7) is 0. The molecule has 0 heterocycles. The van der Waals surface area contributed by atoms with Gasteiger partial charge in [-0.25, -0.2) is 26.7 Å². The fourth-order valence-corrected chi connectivity index (χ4v) is 5.87. The zero-order valence-corrected chi connectivity index (χ0v) is 15.0. The number of nitrogens with two attached hydrogens (primary N) is 1. The van der Waals surface area contributed by atoms with Crippen LogP contribution in [-0.2, 0) is 30.2 Å². The molecule has 0 aliphatic heterocycles. The van der Waals surface area contributed by atoms with Gasteiger partial charge in [0.1, 0.15) is 9.79 Å². The van der Waals surface area contributed by atoms with Gasteiger partial charge in [-0.1, -0.05) is 19.3 Å². The van der Waals surface area contributed by atoms with Crippen molar-refractivity contribution in [2.24, 2.45) is 5.14 Å². The third-order valence-electron chi connectivity index (χ3n) is 3.74. The van der Waals surface area contributed by atoms with Gasteiger partial charge < -0.3 is 0 Å². The van der Waals surface area contributed by atoms with E-state index in [-0.39, 0.29) is 6.04 Å². The Morgan fingerprint density at radius 1 is 0.958 bits per heavy atom. The second kappa shape index (κ2) is 6.69. The lowest BCUT2D eigenvalue weighted by Crippen LogP contribution is -2.37. The molecule has 0 atom stereocenters. The molecule has 1 aliphatic rings. The largest absolute Gasteiger partial charge is 0.294 e. The molecular formula is C12H18N2O7S3. The highest BCUT2D eigenvalue weighted by atomic mass is 32.2. The molecule has 1 saturated carbocycles. The monoisotopic (exact) mass is 398 g/mol. The number of benzene rings is 1. The van der Waals surface area contributed by atoms with E-state index in [1.54, 1.807) is 0 Å². The lowest BCUT2D eigenvalue weighted by molar-refractivity contribution is 0.411. The Hall–Kier alpha value is -1.05. The van der Waals surface area contributed by atoms with Gasteiger partial charge in [-0.15, -0.1) is 0 Å². The molecule has 1 aromatic rings. The molecule has 1 fully saturated rings. The molecule has 1 aliphatic carbocycles. The van der Waals surface area contributed by atoms with Crippen molar-refractivity contribution in [2.75, 3.05) is 0 Å². The van der Waals surface area contributed by atoms with Crippen molar-refractivity contribution in [1.82, 2.24) is 4.72 Å². The molecule has 2 rings (SSSR count). The van der Waals surface area contributed by atoms with E-state index >= 15 is 0 Å². The van der Waals surface area contributed by atoms with Gasteiger partial charge in [0.25, 0.3) is 10.1 Å². The standard InChI is InChI=1S/C12H18N2O7S3/c13-22(15,16)11-7-6-10(24(19,20)21)8-12(11)23(17,18)14-9-4-2-1-3-5-9/h6-9,14H,1-5H2,(H2,13,15,16)(H,19,20,21). The smallest absolute Gasteiger partial charge is 0.282 e. The molecule has 0 aromatic heterocycles. The number of sulfonamides is 2. The van der Waals surface area contributed by atoms with E-state index in [2.05, 4.69) is 4.72 Å². The van der Waals surface area contributed by atoms with Crippen molar-refractivity contribution in [2.45, 2.75) is 52.8 Å². The summed E-state index contributed by atoms with van der Waals surface area (Å²) in [6, 6.07) is 1.73. The fraction of sp³-hybridized carbons (Fsp3) is 0.500. The number of primary sulfonamides is 1. The van der Waals surface area contributed by atoms with Crippen LogP contribution in [0.25, 0.3) is 0 Å². The van der Waals surface area contributed by atoms with Gasteiger partial charge in [0.2, 0.25) is 20.0 Å². The van der Waals surface area contributed by atoms with Crippen LogP contribution in [0.4, 0.5) is 0 Å². The van der Waals surface area contributed by atoms with Crippen LogP contribution in [0.1, 0.15) is 32.1 Å². The summed E-state index contributed by atoms with van der Waals surface area (Å²) in [6.07, 6.45) is 3.85. The summed E-state index contributed by atoms with van der Waals surface area (Å²) in [5, 5.41) is 5.01. The average Bonchev–Trinajstić information content (AvgIpc) is 2.45. The van der Waals surface area contributed by atoms with E-state index in [9.17, 15) is 25.3 Å². The molecule has 0 radical (unpaired) electrons. The van der Waals surface area contributed by atoms with Crippen molar-refractivity contribution >= 4 is 30.2 Å². The van der Waals surface area contributed by atoms with Gasteiger partial charge in [-0.2, -0.15) is 8.42 Å². The number of hydrogen-bond donors (Lipinski definition) is 3. The fourth-order valence-electron chi connectivity index (χ4n) is 2.60. The summed E-state index contributed by atoms with van der Waals surface area (Å²) in [4.78, 5) is -2.28. The Kier molecular flexibility index (Phi) is 5.37. The molecule has 24 heavy (non-hydrogen) atoms. The normalized spacial score (nSPS) is 17.8. The second-order valence-electron chi connectivity index (χ2n) is 5.58. The third kappa shape index (κ3) is 4.52. The first-order valence-electron chi connectivity index (χ1n) is 7.08. The molecular weight excluding hydrogens is 380 g/mol. The maximum Gasteiger partial charge on any atom is 0.294 e. The Balaban J connectivity index is 2.56. The lowest BCUT2D eigenvalue weighted by atomic mass is 9.96. The maximum absolute atomic E-state index is 12.5. The van der Waals surface area contributed by atoms with Gasteiger partial charge in [-0.3, -0.25) is 4.55 Å². The van der Waals surface area contributed by atoms with Crippen LogP contribution in [0, 0.1) is 0 Å². The molecule has 136 valence electrons. The van der Waals surface area contributed by atoms with Crippen LogP contribution in [0.15, 0.2) is 32.9 Å². The molecule has 4 N–H and O–H groups in total. The summed E-state index contributed by atoms with van der Waals surface area (Å²) in [5.41, 5.74) is 0. The van der Waals surface area contributed by atoms with Gasteiger partial charge in [0, 0.05) is 6.04 Å². The number of hydrogen-bond acceptors (Lipinski definition) is 6. The SMILES string of the molecule is NS(=O)(=O)c1ccc(S(=O)(=O)O)cc1S(=O)(=O)NC1CCCCC1. The Morgan fingerprint density at radius 3 is 2.04 bits per heavy atom. The first kappa shape index (κ1) is 19.3. The summed E-state index contributed by atoms with van der Waals surface area (Å²) >= 11 is 0. The molecule has 1 aromatic carbocycles. The van der Waals surface area contributed by atoms with E-state index < -0.39 is 44.9 Å². The van der Waals surface area contributed by atoms with Gasteiger partial charge in [-0.05, 0) is 31.0 Å². The molecule has 0 unspecified atom stereocenters. The van der Waals surface area contributed by atoms with E-state index in [4.69, 9.17) is 9.69 Å². The molecule has 12 heteroatoms. The summed E-state index contributed by atoms with van der Waals surface area (Å²) < 4.78 is 82.2. The zero-order chi connectivity index (χ0) is 18.2. The highest BCUT2D eigenvalue weighted by Crippen LogP contribution is 2.26. The van der Waals surface area contributed by atoms with Crippen molar-refractivity contribution in [1.29, 1.82) is 0 Å². The molecule has 9 nitrogen and oxygen atoms in total. The first-order chi connectivity index (χ1) is 10.9. The Bertz CT molecular complexity index is 931. The Labute approximate surface area is 141 Å². The van der Waals surface area contributed by atoms with Crippen LogP contribution in [0.2, 0.25) is 0 Å². The number of nitrogens with one attached hydrogen (secondary N) is 1. The van der Waals surface area contributed by atoms with Gasteiger partial charge >= 0.3 is 0 Å². The molecule has 0 saturated heterocycles. The minimum Gasteiger partial charge on any atom is -0.282 e. The van der Waals surface area contributed by atoms with E-state index in [0.717, 1.165) is 31.4 Å². The topological polar surface area (TPSA) is 161 Å². The predicted molar refractivity (Wildman–Crippen MR) is 84.8 cm³/mol.